The molecule has 1 aliphatic heterocycles. The molecule has 2 fully saturated rings. The van der Waals surface area contributed by atoms with Gasteiger partial charge in [0.1, 0.15) is 0 Å². The molecule has 0 amide bonds. The highest BCUT2D eigenvalue weighted by Crippen LogP contribution is 2.40. The Balaban J connectivity index is 2.06. The first kappa shape index (κ1) is 7.35. The van der Waals surface area contributed by atoms with E-state index in [4.69, 9.17) is 0 Å². The average Bonchev–Trinajstić information content (AvgIpc) is 2.32. The van der Waals surface area contributed by atoms with E-state index in [1.54, 1.807) is 0 Å². The molecule has 1 heteroatoms. The third kappa shape index (κ3) is 1.22. The van der Waals surface area contributed by atoms with Crippen LogP contribution in [0.1, 0.15) is 19.3 Å². The molecule has 62 valence electrons. The van der Waals surface area contributed by atoms with Gasteiger partial charge in [0.25, 0.3) is 0 Å². The summed E-state index contributed by atoms with van der Waals surface area (Å²) in [7, 11) is 2.23. The fraction of sp³-hybridized carbons (Fsp3) is 0.800. The Labute approximate surface area is 69.1 Å². The predicted molar refractivity (Wildman–Crippen MR) is 47.5 cm³/mol. The van der Waals surface area contributed by atoms with E-state index in [9.17, 15) is 0 Å². The van der Waals surface area contributed by atoms with Crippen LogP contribution in [0.25, 0.3) is 0 Å². The molecule has 1 aliphatic carbocycles. The van der Waals surface area contributed by atoms with Gasteiger partial charge in [-0.3, -0.25) is 0 Å². The predicted octanol–water partition coefficient (Wildman–Crippen LogP) is 1.90. The summed E-state index contributed by atoms with van der Waals surface area (Å²) in [6.45, 7) is 6.73. The molecule has 0 N–H and O–H groups in total. The molecule has 0 radical (unpaired) electrons. The largest absolute Gasteiger partial charge is 0.306 e. The number of hydrogen-bond acceptors (Lipinski definition) is 1. The number of rotatable bonds is 0. The van der Waals surface area contributed by atoms with Crippen LogP contribution in [0.2, 0.25) is 0 Å². The van der Waals surface area contributed by atoms with Gasteiger partial charge in [0.15, 0.2) is 0 Å². The number of likely N-dealkylation sites (tertiary alicyclic amines) is 1. The maximum atomic E-state index is 4.15. The van der Waals surface area contributed by atoms with Gasteiger partial charge in [0, 0.05) is 6.54 Å². The number of piperidine rings is 1. The summed E-state index contributed by atoms with van der Waals surface area (Å²) < 4.78 is 0. The van der Waals surface area contributed by atoms with E-state index in [2.05, 4.69) is 18.5 Å². The normalized spacial score (nSPS) is 39.2. The SMILES string of the molecule is C=C1CCC2CN(C)CCC12. The van der Waals surface area contributed by atoms with Crippen LogP contribution in [0, 0.1) is 11.8 Å². The van der Waals surface area contributed by atoms with Crippen molar-refractivity contribution in [1.29, 1.82) is 0 Å². The standard InChI is InChI=1S/C10H17N/c1-8-3-4-9-7-11(2)6-5-10(8)9/h9-10H,1,3-7H2,2H3. The first-order chi connectivity index (χ1) is 5.27. The molecule has 1 saturated carbocycles. The summed E-state index contributed by atoms with van der Waals surface area (Å²) in [4.78, 5) is 2.46. The Morgan fingerprint density at radius 1 is 1.45 bits per heavy atom. The fourth-order valence-corrected chi connectivity index (χ4v) is 2.60. The molecule has 1 saturated heterocycles. The second-order valence-corrected chi connectivity index (χ2v) is 4.11. The molecule has 0 aromatic rings. The van der Waals surface area contributed by atoms with Crippen molar-refractivity contribution < 1.29 is 0 Å². The van der Waals surface area contributed by atoms with Crippen molar-refractivity contribution in [3.63, 3.8) is 0 Å². The van der Waals surface area contributed by atoms with Crippen molar-refractivity contribution in [1.82, 2.24) is 4.90 Å². The highest BCUT2D eigenvalue weighted by Gasteiger charge is 2.33. The van der Waals surface area contributed by atoms with Crippen LogP contribution in [0.4, 0.5) is 0 Å². The van der Waals surface area contributed by atoms with E-state index < -0.39 is 0 Å². The number of nitrogens with zero attached hydrogens (tertiary/aromatic N) is 1. The van der Waals surface area contributed by atoms with Gasteiger partial charge in [-0.2, -0.15) is 0 Å². The molecule has 2 atom stereocenters. The van der Waals surface area contributed by atoms with Gasteiger partial charge in [-0.1, -0.05) is 12.2 Å². The quantitative estimate of drug-likeness (QED) is 0.478. The first-order valence-corrected chi connectivity index (χ1v) is 4.63. The minimum absolute atomic E-state index is 0.881. The Bertz CT molecular complexity index is 174. The molecule has 0 aromatic carbocycles. The minimum atomic E-state index is 0.881. The molecule has 0 bridgehead atoms. The van der Waals surface area contributed by atoms with Crippen LogP contribution >= 0.6 is 0 Å². The molecular formula is C10H17N. The van der Waals surface area contributed by atoms with Crippen LogP contribution in [-0.4, -0.2) is 25.0 Å². The highest BCUT2D eigenvalue weighted by molar-refractivity contribution is 5.10. The van der Waals surface area contributed by atoms with Crippen molar-refractivity contribution in [3.8, 4) is 0 Å². The first-order valence-electron chi connectivity index (χ1n) is 4.63. The lowest BCUT2D eigenvalue weighted by molar-refractivity contribution is 0.179. The minimum Gasteiger partial charge on any atom is -0.306 e. The molecule has 2 aliphatic rings. The monoisotopic (exact) mass is 151 g/mol. The van der Waals surface area contributed by atoms with Crippen molar-refractivity contribution >= 4 is 0 Å². The molecule has 1 heterocycles. The van der Waals surface area contributed by atoms with E-state index in [-0.39, 0.29) is 0 Å². The number of allylic oxidation sites excluding steroid dienone is 1. The van der Waals surface area contributed by atoms with Crippen LogP contribution in [0.5, 0.6) is 0 Å². The zero-order valence-electron chi connectivity index (χ0n) is 7.34. The van der Waals surface area contributed by atoms with Gasteiger partial charge >= 0.3 is 0 Å². The third-order valence-electron chi connectivity index (χ3n) is 3.30. The summed E-state index contributed by atoms with van der Waals surface area (Å²) in [6, 6.07) is 0. The lowest BCUT2D eigenvalue weighted by atomic mass is 9.87. The molecule has 11 heavy (non-hydrogen) atoms. The van der Waals surface area contributed by atoms with Crippen LogP contribution < -0.4 is 0 Å². The Morgan fingerprint density at radius 2 is 2.27 bits per heavy atom. The summed E-state index contributed by atoms with van der Waals surface area (Å²) in [5, 5.41) is 0. The lowest BCUT2D eigenvalue weighted by Gasteiger charge is -2.32. The Kier molecular flexibility index (Phi) is 1.76. The third-order valence-corrected chi connectivity index (χ3v) is 3.30. The van der Waals surface area contributed by atoms with Gasteiger partial charge in [0.05, 0.1) is 0 Å². The van der Waals surface area contributed by atoms with E-state index in [1.807, 2.05) is 0 Å². The zero-order valence-corrected chi connectivity index (χ0v) is 7.34. The highest BCUT2D eigenvalue weighted by atomic mass is 15.1. The summed E-state index contributed by atoms with van der Waals surface area (Å²) in [5.41, 5.74) is 1.53. The number of hydrogen-bond donors (Lipinski definition) is 0. The molecule has 1 nitrogen and oxygen atoms in total. The number of fused-ring (bicyclic) bond motifs is 1. The van der Waals surface area contributed by atoms with Gasteiger partial charge < -0.3 is 4.90 Å². The molecule has 2 rings (SSSR count). The van der Waals surface area contributed by atoms with Crippen molar-refractivity contribution in [2.75, 3.05) is 20.1 Å². The van der Waals surface area contributed by atoms with Crippen LogP contribution in [0.3, 0.4) is 0 Å². The zero-order chi connectivity index (χ0) is 7.84. The van der Waals surface area contributed by atoms with E-state index >= 15 is 0 Å². The second kappa shape index (κ2) is 2.63. The smallest absolute Gasteiger partial charge is 0.00125 e. The summed E-state index contributed by atoms with van der Waals surface area (Å²) in [6.07, 6.45) is 4.05. The average molecular weight is 151 g/mol. The van der Waals surface area contributed by atoms with Crippen LogP contribution in [0.15, 0.2) is 12.2 Å². The van der Waals surface area contributed by atoms with E-state index in [0.717, 1.165) is 11.8 Å². The van der Waals surface area contributed by atoms with Gasteiger partial charge in [0.2, 0.25) is 0 Å². The van der Waals surface area contributed by atoms with Crippen LogP contribution in [-0.2, 0) is 0 Å². The Hall–Kier alpha value is -0.300. The molecule has 0 aromatic heterocycles. The van der Waals surface area contributed by atoms with Gasteiger partial charge in [-0.25, -0.2) is 0 Å². The maximum absolute atomic E-state index is 4.15. The molecule has 2 unspecified atom stereocenters. The molecule has 0 spiro atoms. The Morgan fingerprint density at radius 3 is 3.09 bits per heavy atom. The summed E-state index contributed by atoms with van der Waals surface area (Å²) in [5.74, 6) is 1.83. The van der Waals surface area contributed by atoms with Gasteiger partial charge in [-0.15, -0.1) is 0 Å². The lowest BCUT2D eigenvalue weighted by Crippen LogP contribution is -2.35. The second-order valence-electron chi connectivity index (χ2n) is 4.11. The van der Waals surface area contributed by atoms with Gasteiger partial charge in [-0.05, 0) is 44.7 Å². The maximum Gasteiger partial charge on any atom is 0.00125 e. The van der Waals surface area contributed by atoms with Crippen molar-refractivity contribution in [3.05, 3.63) is 12.2 Å². The fourth-order valence-electron chi connectivity index (χ4n) is 2.60. The topological polar surface area (TPSA) is 3.24 Å². The van der Waals surface area contributed by atoms with E-state index in [1.165, 1.54) is 37.9 Å². The van der Waals surface area contributed by atoms with E-state index in [0.29, 0.717) is 0 Å². The van der Waals surface area contributed by atoms with Crippen molar-refractivity contribution in [2.24, 2.45) is 11.8 Å². The molecular weight excluding hydrogens is 134 g/mol. The van der Waals surface area contributed by atoms with Crippen molar-refractivity contribution in [2.45, 2.75) is 19.3 Å². The summed E-state index contributed by atoms with van der Waals surface area (Å²) >= 11 is 0.